The zero-order chi connectivity index (χ0) is 18.1. The molecule has 2 heterocycles. The molecule has 4 aromatic rings. The topological polar surface area (TPSA) is 68.0 Å². The zero-order valence-electron chi connectivity index (χ0n) is 14.5. The maximum atomic E-state index is 12.8. The van der Waals surface area contributed by atoms with Crippen LogP contribution in [0.1, 0.15) is 21.6 Å². The summed E-state index contributed by atoms with van der Waals surface area (Å²) >= 11 is 0. The third-order valence-corrected chi connectivity index (χ3v) is 4.24. The first kappa shape index (κ1) is 16.0. The van der Waals surface area contributed by atoms with Gasteiger partial charge in [-0.25, -0.2) is 4.98 Å². The van der Waals surface area contributed by atoms with Crippen molar-refractivity contribution < 1.29 is 9.21 Å². The number of aryl methyl sites for hydroxylation is 2. The van der Waals surface area contributed by atoms with Gasteiger partial charge in [-0.15, -0.1) is 0 Å². The number of oxazole rings is 1. The van der Waals surface area contributed by atoms with E-state index < -0.39 is 0 Å². The van der Waals surface area contributed by atoms with Crippen molar-refractivity contribution in [3.8, 4) is 11.3 Å². The zero-order valence-corrected chi connectivity index (χ0v) is 14.5. The first-order valence-electron chi connectivity index (χ1n) is 8.28. The highest BCUT2D eigenvalue weighted by atomic mass is 16.3. The molecule has 0 saturated carbocycles. The molecule has 0 atom stereocenters. The number of amides is 1. The molecule has 2 aromatic heterocycles. The summed E-state index contributed by atoms with van der Waals surface area (Å²) in [5.41, 5.74) is 4.82. The fourth-order valence-corrected chi connectivity index (χ4v) is 2.93. The van der Waals surface area contributed by atoms with Crippen molar-refractivity contribution >= 4 is 22.5 Å². The number of pyridine rings is 1. The van der Waals surface area contributed by atoms with Gasteiger partial charge in [0, 0.05) is 16.6 Å². The van der Waals surface area contributed by atoms with E-state index in [-0.39, 0.29) is 5.91 Å². The predicted molar refractivity (Wildman–Crippen MR) is 101 cm³/mol. The maximum Gasteiger partial charge on any atom is 0.257 e. The third kappa shape index (κ3) is 3.07. The first-order chi connectivity index (χ1) is 12.6. The lowest BCUT2D eigenvalue weighted by Crippen LogP contribution is -2.14. The number of hydrogen-bond donors (Lipinski definition) is 1. The standard InChI is InChI=1S/C21H17N3O2/c1-13-6-7-19-16(8-13)10-18(14(2)23-19)21(25)24-17-5-3-4-15(9-17)20-11-22-12-26-20/h3-12H,1-2H3,(H,24,25). The van der Waals surface area contributed by atoms with Crippen molar-refractivity contribution in [1.82, 2.24) is 9.97 Å². The smallest absolute Gasteiger partial charge is 0.257 e. The minimum atomic E-state index is -0.187. The molecular formula is C21H17N3O2. The van der Waals surface area contributed by atoms with Crippen molar-refractivity contribution in [3.05, 3.63) is 77.9 Å². The highest BCUT2D eigenvalue weighted by Gasteiger charge is 2.13. The maximum absolute atomic E-state index is 12.8. The van der Waals surface area contributed by atoms with Crippen molar-refractivity contribution in [1.29, 1.82) is 0 Å². The first-order valence-corrected chi connectivity index (χ1v) is 8.28. The SMILES string of the molecule is Cc1ccc2nc(C)c(C(=O)Nc3cccc(-c4cnco4)c3)cc2c1. The van der Waals surface area contributed by atoms with Gasteiger partial charge in [0.1, 0.15) is 0 Å². The summed E-state index contributed by atoms with van der Waals surface area (Å²) in [6, 6.07) is 15.4. The highest BCUT2D eigenvalue weighted by molar-refractivity contribution is 6.07. The molecule has 1 N–H and O–H groups in total. The summed E-state index contributed by atoms with van der Waals surface area (Å²) < 4.78 is 5.31. The van der Waals surface area contributed by atoms with Crippen LogP contribution in [0.3, 0.4) is 0 Å². The molecule has 2 aromatic carbocycles. The Hall–Kier alpha value is -3.47. The summed E-state index contributed by atoms with van der Waals surface area (Å²) in [5, 5.41) is 3.89. The van der Waals surface area contributed by atoms with E-state index in [4.69, 9.17) is 4.42 Å². The van der Waals surface area contributed by atoms with Crippen LogP contribution in [0, 0.1) is 13.8 Å². The Morgan fingerprint density at radius 1 is 1.08 bits per heavy atom. The number of fused-ring (bicyclic) bond motifs is 1. The fraction of sp³-hybridized carbons (Fsp3) is 0.0952. The molecule has 1 amide bonds. The second kappa shape index (κ2) is 6.44. The van der Waals surface area contributed by atoms with E-state index in [9.17, 15) is 4.79 Å². The van der Waals surface area contributed by atoms with Gasteiger partial charge in [0.2, 0.25) is 0 Å². The lowest BCUT2D eigenvalue weighted by molar-refractivity contribution is 0.102. The second-order valence-electron chi connectivity index (χ2n) is 6.22. The number of nitrogens with zero attached hydrogens (tertiary/aromatic N) is 2. The van der Waals surface area contributed by atoms with E-state index in [0.29, 0.717) is 22.7 Å². The summed E-state index contributed by atoms with van der Waals surface area (Å²) in [4.78, 5) is 21.3. The van der Waals surface area contributed by atoms with Gasteiger partial charge in [-0.05, 0) is 44.2 Å². The summed E-state index contributed by atoms with van der Waals surface area (Å²) in [7, 11) is 0. The van der Waals surface area contributed by atoms with Crippen LogP contribution in [0.2, 0.25) is 0 Å². The number of anilines is 1. The normalized spacial score (nSPS) is 10.8. The van der Waals surface area contributed by atoms with Gasteiger partial charge in [-0.2, -0.15) is 0 Å². The molecule has 0 fully saturated rings. The van der Waals surface area contributed by atoms with Crippen LogP contribution in [0.15, 0.2) is 65.5 Å². The van der Waals surface area contributed by atoms with Crippen molar-refractivity contribution in [2.45, 2.75) is 13.8 Å². The molecule has 4 rings (SSSR count). The summed E-state index contributed by atoms with van der Waals surface area (Å²) in [6.45, 7) is 3.87. The number of carbonyl (C=O) groups excluding carboxylic acids is 1. The number of rotatable bonds is 3. The van der Waals surface area contributed by atoms with Gasteiger partial charge in [-0.1, -0.05) is 23.8 Å². The van der Waals surface area contributed by atoms with Crippen LogP contribution in [-0.4, -0.2) is 15.9 Å². The van der Waals surface area contributed by atoms with Crippen LogP contribution < -0.4 is 5.32 Å². The Bertz CT molecular complexity index is 1100. The largest absolute Gasteiger partial charge is 0.444 e. The quantitative estimate of drug-likeness (QED) is 0.582. The molecule has 0 spiro atoms. The minimum absolute atomic E-state index is 0.187. The Morgan fingerprint density at radius 3 is 2.77 bits per heavy atom. The van der Waals surface area contributed by atoms with E-state index in [1.54, 1.807) is 6.20 Å². The summed E-state index contributed by atoms with van der Waals surface area (Å²) in [6.07, 6.45) is 3.02. The molecule has 0 aliphatic rings. The monoisotopic (exact) mass is 343 g/mol. The minimum Gasteiger partial charge on any atom is -0.444 e. The fourth-order valence-electron chi connectivity index (χ4n) is 2.93. The molecule has 0 bridgehead atoms. The van der Waals surface area contributed by atoms with Crippen molar-refractivity contribution in [2.75, 3.05) is 5.32 Å². The molecule has 0 radical (unpaired) electrons. The number of nitrogens with one attached hydrogen (secondary N) is 1. The molecule has 0 saturated heterocycles. The van der Waals surface area contributed by atoms with E-state index in [0.717, 1.165) is 22.0 Å². The van der Waals surface area contributed by atoms with Gasteiger partial charge in [0.05, 0.1) is 23.0 Å². The average Bonchev–Trinajstić information content (AvgIpc) is 3.16. The lowest BCUT2D eigenvalue weighted by Gasteiger charge is -2.10. The molecule has 5 nitrogen and oxygen atoms in total. The van der Waals surface area contributed by atoms with Gasteiger partial charge < -0.3 is 9.73 Å². The molecule has 5 heteroatoms. The van der Waals surface area contributed by atoms with Crippen LogP contribution >= 0.6 is 0 Å². The van der Waals surface area contributed by atoms with E-state index >= 15 is 0 Å². The van der Waals surface area contributed by atoms with Crippen LogP contribution in [0.5, 0.6) is 0 Å². The molecule has 0 aliphatic carbocycles. The van der Waals surface area contributed by atoms with Gasteiger partial charge in [0.15, 0.2) is 12.2 Å². The van der Waals surface area contributed by atoms with Gasteiger partial charge >= 0.3 is 0 Å². The number of carbonyl (C=O) groups is 1. The third-order valence-electron chi connectivity index (χ3n) is 4.24. The molecule has 0 aliphatic heterocycles. The van der Waals surface area contributed by atoms with Crippen LogP contribution in [0.4, 0.5) is 5.69 Å². The summed E-state index contributed by atoms with van der Waals surface area (Å²) in [5.74, 6) is 0.466. The molecule has 26 heavy (non-hydrogen) atoms. The predicted octanol–water partition coefficient (Wildman–Crippen LogP) is 4.76. The van der Waals surface area contributed by atoms with E-state index in [2.05, 4.69) is 15.3 Å². The Balaban J connectivity index is 1.65. The van der Waals surface area contributed by atoms with Crippen molar-refractivity contribution in [2.24, 2.45) is 0 Å². The molecule has 128 valence electrons. The lowest BCUT2D eigenvalue weighted by atomic mass is 10.1. The Kier molecular flexibility index (Phi) is 3.97. The highest BCUT2D eigenvalue weighted by Crippen LogP contribution is 2.23. The average molecular weight is 343 g/mol. The Labute approximate surface area is 150 Å². The Morgan fingerprint density at radius 2 is 1.96 bits per heavy atom. The van der Waals surface area contributed by atoms with Crippen LogP contribution in [0.25, 0.3) is 22.2 Å². The molecule has 0 unspecified atom stereocenters. The number of hydrogen-bond acceptors (Lipinski definition) is 4. The van der Waals surface area contributed by atoms with Crippen LogP contribution in [-0.2, 0) is 0 Å². The van der Waals surface area contributed by atoms with E-state index in [1.165, 1.54) is 6.39 Å². The number of benzene rings is 2. The second-order valence-corrected chi connectivity index (χ2v) is 6.22. The number of aromatic nitrogens is 2. The van der Waals surface area contributed by atoms with Crippen molar-refractivity contribution in [3.63, 3.8) is 0 Å². The van der Waals surface area contributed by atoms with Gasteiger partial charge in [-0.3, -0.25) is 9.78 Å². The van der Waals surface area contributed by atoms with Gasteiger partial charge in [0.25, 0.3) is 5.91 Å². The van der Waals surface area contributed by atoms with E-state index in [1.807, 2.05) is 62.4 Å². The molecular weight excluding hydrogens is 326 g/mol.